The summed E-state index contributed by atoms with van der Waals surface area (Å²) in [6, 6.07) is 4.50. The van der Waals surface area contributed by atoms with E-state index in [4.69, 9.17) is 5.73 Å². The predicted octanol–water partition coefficient (Wildman–Crippen LogP) is 2.65. The van der Waals surface area contributed by atoms with Crippen molar-refractivity contribution in [2.24, 2.45) is 5.73 Å². The number of para-hydroxylation sites is 1. The normalized spacial score (nSPS) is 11.3. The minimum absolute atomic E-state index is 0.133. The largest absolute Gasteiger partial charge is 0.325 e. The number of hydrogen-bond donors (Lipinski definition) is 2. The first-order valence-corrected chi connectivity index (χ1v) is 5.61. The Morgan fingerprint density at radius 2 is 2.19 bits per heavy atom. The molecule has 0 saturated carbocycles. The number of hydrogen-bond acceptors (Lipinski definition) is 2. The standard InChI is InChI=1S/C11H14BrFN2O/c1-11(2,14)6-9(16)15-10-7(12)4-3-5-8(10)13/h3-5H,6,14H2,1-2H3,(H,15,16). The van der Waals surface area contributed by atoms with Gasteiger partial charge < -0.3 is 11.1 Å². The Balaban J connectivity index is 2.78. The smallest absolute Gasteiger partial charge is 0.226 e. The van der Waals surface area contributed by atoms with Crippen molar-refractivity contribution < 1.29 is 9.18 Å². The van der Waals surface area contributed by atoms with E-state index in [9.17, 15) is 9.18 Å². The van der Waals surface area contributed by atoms with E-state index in [1.165, 1.54) is 6.07 Å². The Labute approximate surface area is 102 Å². The van der Waals surface area contributed by atoms with Crippen LogP contribution >= 0.6 is 15.9 Å². The van der Waals surface area contributed by atoms with Gasteiger partial charge in [0.25, 0.3) is 0 Å². The Bertz CT molecular complexity index is 381. The van der Waals surface area contributed by atoms with Crippen molar-refractivity contribution in [3.63, 3.8) is 0 Å². The number of benzene rings is 1. The summed E-state index contributed by atoms with van der Waals surface area (Å²) in [5, 5.41) is 2.49. The van der Waals surface area contributed by atoms with Crippen LogP contribution in [0.25, 0.3) is 0 Å². The minimum Gasteiger partial charge on any atom is -0.325 e. The van der Waals surface area contributed by atoms with Crippen LogP contribution in [0.4, 0.5) is 10.1 Å². The quantitative estimate of drug-likeness (QED) is 0.898. The zero-order valence-corrected chi connectivity index (χ0v) is 10.8. The molecule has 0 fully saturated rings. The van der Waals surface area contributed by atoms with Crippen molar-refractivity contribution in [2.45, 2.75) is 25.8 Å². The third-order valence-electron chi connectivity index (χ3n) is 1.84. The summed E-state index contributed by atoms with van der Waals surface area (Å²) >= 11 is 3.17. The molecule has 0 aliphatic rings. The van der Waals surface area contributed by atoms with Crippen molar-refractivity contribution in [1.29, 1.82) is 0 Å². The predicted molar refractivity (Wildman–Crippen MR) is 65.6 cm³/mol. The fraction of sp³-hybridized carbons (Fsp3) is 0.364. The average molecular weight is 289 g/mol. The second-order valence-electron chi connectivity index (χ2n) is 4.31. The molecule has 88 valence electrons. The van der Waals surface area contributed by atoms with E-state index >= 15 is 0 Å². The highest BCUT2D eigenvalue weighted by Gasteiger charge is 2.18. The van der Waals surface area contributed by atoms with Crippen LogP contribution in [0.3, 0.4) is 0 Å². The van der Waals surface area contributed by atoms with Crippen molar-refractivity contribution >= 4 is 27.5 Å². The Morgan fingerprint density at radius 3 is 2.69 bits per heavy atom. The number of carbonyl (C=O) groups is 1. The maximum absolute atomic E-state index is 13.4. The minimum atomic E-state index is -0.609. The second kappa shape index (κ2) is 4.93. The molecule has 3 N–H and O–H groups in total. The van der Waals surface area contributed by atoms with Gasteiger partial charge in [-0.25, -0.2) is 4.39 Å². The van der Waals surface area contributed by atoms with Crippen LogP contribution in [0.15, 0.2) is 22.7 Å². The number of halogens is 2. The lowest BCUT2D eigenvalue weighted by Gasteiger charge is -2.18. The van der Waals surface area contributed by atoms with Crippen molar-refractivity contribution in [3.8, 4) is 0 Å². The monoisotopic (exact) mass is 288 g/mol. The lowest BCUT2D eigenvalue weighted by atomic mass is 10.0. The Hall–Kier alpha value is -0.940. The molecule has 16 heavy (non-hydrogen) atoms. The van der Waals surface area contributed by atoms with Gasteiger partial charge >= 0.3 is 0 Å². The third-order valence-corrected chi connectivity index (χ3v) is 2.50. The summed E-state index contributed by atoms with van der Waals surface area (Å²) in [5.74, 6) is -0.782. The molecule has 1 amide bonds. The molecule has 1 aromatic carbocycles. The molecular formula is C11H14BrFN2O. The summed E-state index contributed by atoms with van der Waals surface area (Å²) in [6.45, 7) is 3.48. The molecule has 0 unspecified atom stereocenters. The SMILES string of the molecule is CC(C)(N)CC(=O)Nc1c(F)cccc1Br. The second-order valence-corrected chi connectivity index (χ2v) is 5.16. The molecule has 0 bridgehead atoms. The summed E-state index contributed by atoms with van der Waals surface area (Å²) in [4.78, 5) is 11.6. The van der Waals surface area contributed by atoms with Crippen molar-refractivity contribution in [2.75, 3.05) is 5.32 Å². The summed E-state index contributed by atoms with van der Waals surface area (Å²) in [5.41, 5.74) is 5.24. The fourth-order valence-electron chi connectivity index (χ4n) is 1.21. The first-order valence-electron chi connectivity index (χ1n) is 4.82. The van der Waals surface area contributed by atoms with Crippen LogP contribution in [0.2, 0.25) is 0 Å². The first kappa shape index (κ1) is 13.1. The molecule has 1 aromatic rings. The molecule has 0 aliphatic heterocycles. The fourth-order valence-corrected chi connectivity index (χ4v) is 1.66. The number of amides is 1. The number of nitrogens with two attached hydrogens (primary N) is 1. The highest BCUT2D eigenvalue weighted by Crippen LogP contribution is 2.25. The maximum Gasteiger partial charge on any atom is 0.226 e. The van der Waals surface area contributed by atoms with Gasteiger partial charge in [-0.3, -0.25) is 4.79 Å². The Kier molecular flexibility index (Phi) is 4.04. The zero-order chi connectivity index (χ0) is 12.3. The zero-order valence-electron chi connectivity index (χ0n) is 9.18. The van der Waals surface area contributed by atoms with Crippen LogP contribution in [0, 0.1) is 5.82 Å². The Morgan fingerprint density at radius 1 is 1.56 bits per heavy atom. The number of anilines is 1. The molecule has 0 atom stereocenters. The van der Waals surface area contributed by atoms with Crippen molar-refractivity contribution in [1.82, 2.24) is 0 Å². The van der Waals surface area contributed by atoms with E-state index < -0.39 is 11.4 Å². The lowest BCUT2D eigenvalue weighted by molar-refractivity contribution is -0.117. The summed E-state index contributed by atoms with van der Waals surface area (Å²) < 4.78 is 13.9. The van der Waals surface area contributed by atoms with Gasteiger partial charge in [-0.2, -0.15) is 0 Å². The lowest BCUT2D eigenvalue weighted by Crippen LogP contribution is -2.36. The van der Waals surface area contributed by atoms with E-state index in [-0.39, 0.29) is 18.0 Å². The van der Waals surface area contributed by atoms with Gasteiger partial charge in [-0.05, 0) is 41.9 Å². The molecule has 0 heterocycles. The number of rotatable bonds is 3. The van der Waals surface area contributed by atoms with Gasteiger partial charge in [0.1, 0.15) is 5.82 Å². The molecule has 3 nitrogen and oxygen atoms in total. The van der Waals surface area contributed by atoms with Gasteiger partial charge in [-0.1, -0.05) is 6.07 Å². The summed E-state index contributed by atoms with van der Waals surface area (Å²) in [6.07, 6.45) is 0.133. The van der Waals surface area contributed by atoms with Gasteiger partial charge in [0.05, 0.1) is 5.69 Å². The molecule has 0 aliphatic carbocycles. The topological polar surface area (TPSA) is 55.1 Å². The van der Waals surface area contributed by atoms with E-state index in [1.807, 2.05) is 0 Å². The van der Waals surface area contributed by atoms with E-state index in [1.54, 1.807) is 26.0 Å². The van der Waals surface area contributed by atoms with Gasteiger partial charge in [0.2, 0.25) is 5.91 Å². The molecule has 0 aromatic heterocycles. The molecule has 0 saturated heterocycles. The molecular weight excluding hydrogens is 275 g/mol. The van der Waals surface area contributed by atoms with E-state index in [0.717, 1.165) is 0 Å². The highest BCUT2D eigenvalue weighted by molar-refractivity contribution is 9.10. The van der Waals surface area contributed by atoms with E-state index in [2.05, 4.69) is 21.2 Å². The van der Waals surface area contributed by atoms with Crippen LogP contribution in [0.1, 0.15) is 20.3 Å². The van der Waals surface area contributed by atoms with Crippen LogP contribution in [-0.2, 0) is 4.79 Å². The first-order chi connectivity index (χ1) is 7.29. The number of nitrogens with one attached hydrogen (secondary N) is 1. The van der Waals surface area contributed by atoms with Crippen LogP contribution in [0.5, 0.6) is 0 Å². The molecule has 0 spiro atoms. The molecule has 1 rings (SSSR count). The van der Waals surface area contributed by atoms with Crippen LogP contribution < -0.4 is 11.1 Å². The average Bonchev–Trinajstić information content (AvgIpc) is 2.08. The summed E-state index contributed by atoms with van der Waals surface area (Å²) in [7, 11) is 0. The van der Waals surface area contributed by atoms with Crippen LogP contribution in [-0.4, -0.2) is 11.4 Å². The van der Waals surface area contributed by atoms with Gasteiger partial charge in [0, 0.05) is 16.4 Å². The molecule has 5 heteroatoms. The molecule has 0 radical (unpaired) electrons. The van der Waals surface area contributed by atoms with Gasteiger partial charge in [0.15, 0.2) is 0 Å². The third kappa shape index (κ3) is 3.90. The van der Waals surface area contributed by atoms with Gasteiger partial charge in [-0.15, -0.1) is 0 Å². The van der Waals surface area contributed by atoms with Crippen molar-refractivity contribution in [3.05, 3.63) is 28.5 Å². The highest BCUT2D eigenvalue weighted by atomic mass is 79.9. The van der Waals surface area contributed by atoms with E-state index in [0.29, 0.717) is 4.47 Å². The maximum atomic E-state index is 13.4. The number of carbonyl (C=O) groups excluding carboxylic acids is 1.